The van der Waals surface area contributed by atoms with Gasteiger partial charge in [0.1, 0.15) is 17.9 Å². The van der Waals surface area contributed by atoms with Gasteiger partial charge in [-0.05, 0) is 25.3 Å². The highest BCUT2D eigenvalue weighted by molar-refractivity contribution is 6.02. The van der Waals surface area contributed by atoms with Crippen molar-refractivity contribution in [3.63, 3.8) is 0 Å². The standard InChI is InChI=1S/C17H22F2N6O2/c1-3-6-20-17(27)15-12(8-21-24(15)2)22-14(26)9-25-13(10-4-5-10)7-11(23-25)16(18)19/h7-8,10,16H,3-6,9H2,1-2H3,(H,20,27)(H,22,26). The van der Waals surface area contributed by atoms with Crippen molar-refractivity contribution in [2.24, 2.45) is 7.05 Å². The number of carbonyl (C=O) groups is 2. The lowest BCUT2D eigenvalue weighted by molar-refractivity contribution is -0.117. The highest BCUT2D eigenvalue weighted by Gasteiger charge is 2.30. The van der Waals surface area contributed by atoms with Gasteiger partial charge in [-0.1, -0.05) is 6.92 Å². The molecular formula is C17H22F2N6O2. The molecular weight excluding hydrogens is 358 g/mol. The number of amides is 2. The maximum atomic E-state index is 12.9. The summed E-state index contributed by atoms with van der Waals surface area (Å²) in [4.78, 5) is 24.7. The molecule has 0 aliphatic heterocycles. The van der Waals surface area contributed by atoms with E-state index in [1.165, 1.54) is 21.6 Å². The molecule has 0 spiro atoms. The van der Waals surface area contributed by atoms with Gasteiger partial charge in [0.25, 0.3) is 12.3 Å². The molecule has 1 fully saturated rings. The first-order chi connectivity index (χ1) is 12.9. The predicted molar refractivity (Wildman–Crippen MR) is 93.6 cm³/mol. The Labute approximate surface area is 154 Å². The second-order valence-electron chi connectivity index (χ2n) is 6.56. The second-order valence-corrected chi connectivity index (χ2v) is 6.56. The summed E-state index contributed by atoms with van der Waals surface area (Å²) in [7, 11) is 1.60. The molecule has 0 aromatic carbocycles. The maximum Gasteiger partial charge on any atom is 0.282 e. The van der Waals surface area contributed by atoms with Gasteiger partial charge in [0, 0.05) is 25.2 Å². The van der Waals surface area contributed by atoms with Crippen LogP contribution in [-0.2, 0) is 18.4 Å². The molecule has 2 amide bonds. The zero-order chi connectivity index (χ0) is 19.6. The van der Waals surface area contributed by atoms with Crippen molar-refractivity contribution in [3.05, 3.63) is 29.3 Å². The van der Waals surface area contributed by atoms with Crippen LogP contribution in [0.3, 0.4) is 0 Å². The van der Waals surface area contributed by atoms with Crippen LogP contribution in [0.15, 0.2) is 12.3 Å². The zero-order valence-corrected chi connectivity index (χ0v) is 15.2. The largest absolute Gasteiger partial charge is 0.351 e. The third-order valence-corrected chi connectivity index (χ3v) is 4.31. The minimum Gasteiger partial charge on any atom is -0.351 e. The topological polar surface area (TPSA) is 93.8 Å². The molecule has 1 aliphatic rings. The number of carbonyl (C=O) groups excluding carboxylic acids is 2. The van der Waals surface area contributed by atoms with E-state index in [0.717, 1.165) is 19.3 Å². The molecule has 1 aliphatic carbocycles. The van der Waals surface area contributed by atoms with Crippen LogP contribution in [0.2, 0.25) is 0 Å². The summed E-state index contributed by atoms with van der Waals surface area (Å²) < 4.78 is 28.6. The van der Waals surface area contributed by atoms with Crippen molar-refractivity contribution in [1.82, 2.24) is 24.9 Å². The van der Waals surface area contributed by atoms with Crippen molar-refractivity contribution in [3.8, 4) is 0 Å². The number of aryl methyl sites for hydroxylation is 1. The molecule has 0 bridgehead atoms. The lowest BCUT2D eigenvalue weighted by Crippen LogP contribution is -2.28. The summed E-state index contributed by atoms with van der Waals surface area (Å²) in [6.07, 6.45) is 1.29. The van der Waals surface area contributed by atoms with Crippen LogP contribution >= 0.6 is 0 Å². The molecule has 0 radical (unpaired) electrons. The van der Waals surface area contributed by atoms with E-state index in [-0.39, 0.29) is 35.4 Å². The van der Waals surface area contributed by atoms with E-state index < -0.39 is 12.3 Å². The minimum atomic E-state index is -2.68. The molecule has 10 heteroatoms. The van der Waals surface area contributed by atoms with Crippen molar-refractivity contribution in [2.75, 3.05) is 11.9 Å². The first-order valence-electron chi connectivity index (χ1n) is 8.86. The molecule has 0 atom stereocenters. The quantitative estimate of drug-likeness (QED) is 0.734. The molecule has 2 aromatic rings. The summed E-state index contributed by atoms with van der Waals surface area (Å²) in [6, 6.07) is 1.36. The van der Waals surface area contributed by atoms with Gasteiger partial charge >= 0.3 is 0 Å². The van der Waals surface area contributed by atoms with Crippen molar-refractivity contribution >= 4 is 17.5 Å². The molecule has 3 rings (SSSR count). The van der Waals surface area contributed by atoms with Gasteiger partial charge in [-0.3, -0.25) is 19.0 Å². The van der Waals surface area contributed by atoms with Crippen LogP contribution in [0, 0.1) is 0 Å². The second kappa shape index (κ2) is 7.85. The molecule has 146 valence electrons. The number of anilines is 1. The highest BCUT2D eigenvalue weighted by Crippen LogP contribution is 2.41. The van der Waals surface area contributed by atoms with E-state index in [1.807, 2.05) is 6.92 Å². The Morgan fingerprint density at radius 2 is 2.11 bits per heavy atom. The average Bonchev–Trinajstić information content (AvgIpc) is 3.28. The molecule has 8 nitrogen and oxygen atoms in total. The number of alkyl halides is 2. The highest BCUT2D eigenvalue weighted by atomic mass is 19.3. The van der Waals surface area contributed by atoms with Crippen molar-refractivity contribution in [2.45, 2.75) is 45.1 Å². The summed E-state index contributed by atoms with van der Waals surface area (Å²) in [5.41, 5.74) is 0.816. The zero-order valence-electron chi connectivity index (χ0n) is 15.2. The number of aromatic nitrogens is 4. The molecule has 1 saturated carbocycles. The van der Waals surface area contributed by atoms with Crippen LogP contribution in [0.1, 0.15) is 60.4 Å². The monoisotopic (exact) mass is 380 g/mol. The minimum absolute atomic E-state index is 0.173. The van der Waals surface area contributed by atoms with Gasteiger partial charge in [-0.25, -0.2) is 8.78 Å². The van der Waals surface area contributed by atoms with Gasteiger partial charge in [0.05, 0.1) is 11.9 Å². The van der Waals surface area contributed by atoms with Crippen LogP contribution in [0.25, 0.3) is 0 Å². The Balaban J connectivity index is 1.73. The van der Waals surface area contributed by atoms with E-state index in [1.54, 1.807) is 7.05 Å². The lowest BCUT2D eigenvalue weighted by Gasteiger charge is -2.09. The molecule has 2 aromatic heterocycles. The third-order valence-electron chi connectivity index (χ3n) is 4.31. The van der Waals surface area contributed by atoms with Gasteiger partial charge in [0.15, 0.2) is 0 Å². The fourth-order valence-electron chi connectivity index (χ4n) is 2.84. The van der Waals surface area contributed by atoms with E-state index in [0.29, 0.717) is 12.2 Å². The summed E-state index contributed by atoms with van der Waals surface area (Å²) in [5.74, 6) is -0.630. The fourth-order valence-corrected chi connectivity index (χ4v) is 2.84. The van der Waals surface area contributed by atoms with Crippen molar-refractivity contribution < 1.29 is 18.4 Å². The SMILES string of the molecule is CCCNC(=O)c1c(NC(=O)Cn2nc(C(F)F)cc2C2CC2)cnn1C. The van der Waals surface area contributed by atoms with Crippen molar-refractivity contribution in [1.29, 1.82) is 0 Å². The van der Waals surface area contributed by atoms with E-state index in [4.69, 9.17) is 0 Å². The first kappa shape index (κ1) is 19.0. The number of nitrogens with zero attached hydrogens (tertiary/aromatic N) is 4. The summed E-state index contributed by atoms with van der Waals surface area (Å²) >= 11 is 0. The first-order valence-corrected chi connectivity index (χ1v) is 8.86. The Hall–Kier alpha value is -2.78. The number of nitrogens with one attached hydrogen (secondary N) is 2. The van der Waals surface area contributed by atoms with Gasteiger partial charge in [-0.2, -0.15) is 10.2 Å². The Bertz CT molecular complexity index is 841. The van der Waals surface area contributed by atoms with E-state index in [2.05, 4.69) is 20.8 Å². The van der Waals surface area contributed by atoms with Crippen LogP contribution < -0.4 is 10.6 Å². The van der Waals surface area contributed by atoms with Gasteiger partial charge in [0.2, 0.25) is 5.91 Å². The Morgan fingerprint density at radius 3 is 2.74 bits per heavy atom. The summed E-state index contributed by atoms with van der Waals surface area (Å²) in [6.45, 7) is 2.23. The summed E-state index contributed by atoms with van der Waals surface area (Å²) in [5, 5.41) is 13.2. The molecule has 0 unspecified atom stereocenters. The number of halogens is 2. The predicted octanol–water partition coefficient (Wildman–Crippen LogP) is 2.21. The number of hydrogen-bond acceptors (Lipinski definition) is 4. The van der Waals surface area contributed by atoms with Gasteiger partial charge < -0.3 is 10.6 Å². The Morgan fingerprint density at radius 1 is 1.37 bits per heavy atom. The third kappa shape index (κ3) is 4.32. The molecule has 0 saturated heterocycles. The van der Waals surface area contributed by atoms with E-state index >= 15 is 0 Å². The van der Waals surface area contributed by atoms with E-state index in [9.17, 15) is 18.4 Å². The smallest absolute Gasteiger partial charge is 0.282 e. The molecule has 2 N–H and O–H groups in total. The Kier molecular flexibility index (Phi) is 5.52. The molecule has 27 heavy (non-hydrogen) atoms. The normalized spacial score (nSPS) is 13.8. The maximum absolute atomic E-state index is 12.9. The fraction of sp³-hybridized carbons (Fsp3) is 0.529. The number of hydrogen-bond donors (Lipinski definition) is 2. The lowest BCUT2D eigenvalue weighted by atomic mass is 10.2. The average molecular weight is 380 g/mol. The van der Waals surface area contributed by atoms with Crippen LogP contribution in [0.4, 0.5) is 14.5 Å². The molecule has 2 heterocycles. The van der Waals surface area contributed by atoms with Crippen LogP contribution in [0.5, 0.6) is 0 Å². The van der Waals surface area contributed by atoms with Crippen LogP contribution in [-0.4, -0.2) is 37.9 Å². The number of rotatable bonds is 8. The van der Waals surface area contributed by atoms with Gasteiger partial charge in [-0.15, -0.1) is 0 Å².